The first-order valence-corrected chi connectivity index (χ1v) is 13.0. The topological polar surface area (TPSA) is 124 Å². The molecule has 0 aromatic carbocycles. The van der Waals surface area contributed by atoms with Gasteiger partial charge >= 0.3 is 5.97 Å². The number of nitrogens with zero attached hydrogens (tertiary/aromatic N) is 1. The molecule has 194 valence electrons. The fourth-order valence-corrected chi connectivity index (χ4v) is 9.06. The van der Waals surface area contributed by atoms with E-state index in [1.54, 1.807) is 25.1 Å². The molecule has 0 saturated heterocycles. The van der Waals surface area contributed by atoms with E-state index in [2.05, 4.69) is 6.92 Å². The van der Waals surface area contributed by atoms with E-state index in [4.69, 9.17) is 4.74 Å². The Morgan fingerprint density at radius 1 is 1.09 bits per heavy atom. The number of ketones is 1. The van der Waals surface area contributed by atoms with E-state index in [0.717, 1.165) is 18.3 Å². The van der Waals surface area contributed by atoms with Gasteiger partial charge in [-0.2, -0.15) is 0 Å². The van der Waals surface area contributed by atoms with Crippen LogP contribution in [0, 0.1) is 28.6 Å². The normalized spacial score (nSPS) is 49.1. The maximum Gasteiger partial charge on any atom is 0.331 e. The van der Waals surface area contributed by atoms with Crippen LogP contribution in [-0.4, -0.2) is 82.3 Å². The Morgan fingerprint density at radius 3 is 2.43 bits per heavy atom. The number of cyclic esters (lactones) is 1. The molecule has 1 aliphatic heterocycles. The van der Waals surface area contributed by atoms with Crippen molar-refractivity contribution in [3.63, 3.8) is 0 Å². The van der Waals surface area contributed by atoms with E-state index >= 15 is 0 Å². The maximum atomic E-state index is 12.9. The molecule has 4 aliphatic carbocycles. The fraction of sp³-hybridized carbons (Fsp3) is 0.815. The summed E-state index contributed by atoms with van der Waals surface area (Å²) < 4.78 is 5.18. The van der Waals surface area contributed by atoms with Crippen molar-refractivity contribution in [3.8, 4) is 0 Å². The molecule has 0 amide bonds. The predicted octanol–water partition coefficient (Wildman–Crippen LogP) is 1.40. The first kappa shape index (κ1) is 25.1. The average molecular weight is 490 g/mol. The van der Waals surface area contributed by atoms with Gasteiger partial charge in [0.2, 0.25) is 0 Å². The molecule has 0 aromatic heterocycles. The third-order valence-corrected chi connectivity index (χ3v) is 10.9. The van der Waals surface area contributed by atoms with Crippen molar-refractivity contribution in [3.05, 3.63) is 11.6 Å². The molecule has 3 N–H and O–H groups in total. The van der Waals surface area contributed by atoms with Crippen LogP contribution < -0.4 is 0 Å². The molecule has 35 heavy (non-hydrogen) atoms. The second kappa shape index (κ2) is 7.94. The number of esters is 1. The van der Waals surface area contributed by atoms with Gasteiger partial charge in [-0.05, 0) is 88.8 Å². The van der Waals surface area contributed by atoms with E-state index in [1.807, 2.05) is 0 Å². The Kier molecular flexibility index (Phi) is 5.69. The molecule has 5 aliphatic rings. The van der Waals surface area contributed by atoms with Gasteiger partial charge in [0.25, 0.3) is 0 Å². The summed E-state index contributed by atoms with van der Waals surface area (Å²) in [7, 11) is 3.52. The number of likely N-dealkylation sites (N-methyl/N-ethyl adjacent to an activating group) is 1. The van der Waals surface area contributed by atoms with Crippen LogP contribution >= 0.6 is 0 Å². The third kappa shape index (κ3) is 3.29. The van der Waals surface area contributed by atoms with Gasteiger partial charge in [-0.1, -0.05) is 6.92 Å². The molecule has 1 heterocycles. The van der Waals surface area contributed by atoms with Gasteiger partial charge in [-0.25, -0.2) is 4.79 Å². The summed E-state index contributed by atoms with van der Waals surface area (Å²) in [6.45, 7) is 2.47. The highest BCUT2D eigenvalue weighted by Gasteiger charge is 2.72. The zero-order valence-corrected chi connectivity index (χ0v) is 21.1. The van der Waals surface area contributed by atoms with Crippen LogP contribution in [0.3, 0.4) is 0 Å². The minimum atomic E-state index is -1.65. The summed E-state index contributed by atoms with van der Waals surface area (Å²) in [6, 6.07) is 0. The standard InChI is InChI=1S/C27H39NO7/c1-23-7-4-19-20(27(23,34)9-6-18(23)17-12-22(31)35-14-17)5-8-26(33)15-25(32,21(30)13-28(2)3)11-10-24(19,26)16-29/h12,16,18-20,32-34H,4-11,13-15H2,1-3H3/t18-,19+,20-,23-,24+,25+,26+,27+/m1/s1. The number of aldehydes is 1. The largest absolute Gasteiger partial charge is 0.458 e. The Hall–Kier alpha value is -1.61. The zero-order valence-electron chi connectivity index (χ0n) is 21.1. The van der Waals surface area contributed by atoms with Crippen LogP contribution in [0.15, 0.2) is 11.6 Å². The Morgan fingerprint density at radius 2 is 1.80 bits per heavy atom. The summed E-state index contributed by atoms with van der Waals surface area (Å²) in [6.07, 6.45) is 6.16. The first-order valence-electron chi connectivity index (χ1n) is 13.0. The predicted molar refractivity (Wildman–Crippen MR) is 126 cm³/mol. The third-order valence-electron chi connectivity index (χ3n) is 10.9. The first-order chi connectivity index (χ1) is 16.3. The minimum absolute atomic E-state index is 0.0491. The molecule has 8 nitrogen and oxygen atoms in total. The number of carbonyl (C=O) groups excluding carboxylic acids is 3. The lowest BCUT2D eigenvalue weighted by Gasteiger charge is -2.66. The molecule has 8 heteroatoms. The molecular weight excluding hydrogens is 450 g/mol. The SMILES string of the molecule is CN(C)CC(=O)[C@]1(O)CC[C@]2(C=O)[C@H]3CC[C@]4(C)[C@@H](C5=CC(=O)OC5)CC[C@]4(O)[C@@H]3CC[C@]2(O)C1. The molecular formula is C27H39NO7. The number of ether oxygens (including phenoxy) is 1. The summed E-state index contributed by atoms with van der Waals surface area (Å²) in [4.78, 5) is 39.2. The van der Waals surface area contributed by atoms with Gasteiger partial charge in [-0.15, -0.1) is 0 Å². The highest BCUT2D eigenvalue weighted by molar-refractivity contribution is 5.89. The lowest BCUT2D eigenvalue weighted by Crippen LogP contribution is -2.71. The van der Waals surface area contributed by atoms with Gasteiger partial charge in [0.05, 0.1) is 23.2 Å². The van der Waals surface area contributed by atoms with Gasteiger partial charge < -0.3 is 29.8 Å². The Balaban J connectivity index is 1.46. The van der Waals surface area contributed by atoms with Crippen molar-refractivity contribution in [2.45, 2.75) is 81.5 Å². The van der Waals surface area contributed by atoms with E-state index in [0.29, 0.717) is 25.7 Å². The zero-order chi connectivity index (χ0) is 25.4. The molecule has 5 rings (SSSR count). The van der Waals surface area contributed by atoms with Crippen molar-refractivity contribution < 1.29 is 34.4 Å². The highest BCUT2D eigenvalue weighted by atomic mass is 16.5. The smallest absolute Gasteiger partial charge is 0.331 e. The second-order valence-electron chi connectivity index (χ2n) is 12.6. The van der Waals surface area contributed by atoms with Crippen LogP contribution in [-0.2, 0) is 19.1 Å². The number of Topliss-reactive ketones (excluding diaryl/α,β-unsaturated/α-hetero) is 1. The average Bonchev–Trinajstić information content (AvgIpc) is 3.32. The van der Waals surface area contributed by atoms with E-state index in [1.165, 1.54) is 0 Å². The molecule has 0 spiro atoms. The van der Waals surface area contributed by atoms with Gasteiger partial charge in [-0.3, -0.25) is 4.79 Å². The highest BCUT2D eigenvalue weighted by Crippen LogP contribution is 2.70. The molecule has 0 radical (unpaired) electrons. The Bertz CT molecular complexity index is 979. The molecule has 0 unspecified atom stereocenters. The lowest BCUT2D eigenvalue weighted by molar-refractivity contribution is -0.256. The van der Waals surface area contributed by atoms with Crippen LogP contribution in [0.5, 0.6) is 0 Å². The minimum Gasteiger partial charge on any atom is -0.458 e. The number of fused-ring (bicyclic) bond motifs is 5. The summed E-state index contributed by atoms with van der Waals surface area (Å²) in [5.41, 5.74) is -4.74. The van der Waals surface area contributed by atoms with Crippen LogP contribution in [0.25, 0.3) is 0 Å². The summed E-state index contributed by atoms with van der Waals surface area (Å²) in [5, 5.41) is 35.5. The number of hydrogen-bond acceptors (Lipinski definition) is 8. The number of carbonyl (C=O) groups is 3. The van der Waals surface area contributed by atoms with Gasteiger partial charge in [0.15, 0.2) is 5.78 Å². The lowest BCUT2D eigenvalue weighted by atomic mass is 9.41. The second-order valence-corrected chi connectivity index (χ2v) is 12.6. The molecule has 4 fully saturated rings. The van der Waals surface area contributed by atoms with Gasteiger partial charge in [0.1, 0.15) is 18.5 Å². The number of hydrogen-bond donors (Lipinski definition) is 3. The molecule has 8 atom stereocenters. The summed E-state index contributed by atoms with van der Waals surface area (Å²) in [5.74, 6) is -0.993. The molecule has 4 saturated carbocycles. The van der Waals surface area contributed by atoms with E-state index in [-0.39, 0.29) is 68.3 Å². The summed E-state index contributed by atoms with van der Waals surface area (Å²) >= 11 is 0. The van der Waals surface area contributed by atoms with Crippen LogP contribution in [0.4, 0.5) is 0 Å². The molecule has 0 aromatic rings. The fourth-order valence-electron chi connectivity index (χ4n) is 9.06. The van der Waals surface area contributed by atoms with E-state index in [9.17, 15) is 29.7 Å². The quantitative estimate of drug-likeness (QED) is 0.391. The van der Waals surface area contributed by atoms with Gasteiger partial charge in [0, 0.05) is 17.9 Å². The monoisotopic (exact) mass is 489 g/mol. The number of aliphatic hydroxyl groups is 3. The van der Waals surface area contributed by atoms with Crippen molar-refractivity contribution in [1.82, 2.24) is 4.90 Å². The Labute approximate surface area is 206 Å². The van der Waals surface area contributed by atoms with E-state index < -0.39 is 27.6 Å². The van der Waals surface area contributed by atoms with Crippen molar-refractivity contribution in [2.75, 3.05) is 27.2 Å². The van der Waals surface area contributed by atoms with Crippen LogP contribution in [0.1, 0.15) is 64.7 Å². The molecule has 0 bridgehead atoms. The maximum absolute atomic E-state index is 12.9. The van der Waals surface area contributed by atoms with Crippen molar-refractivity contribution in [2.24, 2.45) is 28.6 Å². The van der Waals surface area contributed by atoms with Crippen LogP contribution in [0.2, 0.25) is 0 Å². The van der Waals surface area contributed by atoms with Crippen molar-refractivity contribution >= 4 is 18.0 Å². The van der Waals surface area contributed by atoms with Crippen molar-refractivity contribution in [1.29, 1.82) is 0 Å². The number of rotatable bonds is 5.